The molecule has 3 aromatic rings. The van der Waals surface area contributed by atoms with Crippen LogP contribution < -0.4 is 5.32 Å². The van der Waals surface area contributed by atoms with Gasteiger partial charge in [-0.1, -0.05) is 64.1 Å². The van der Waals surface area contributed by atoms with Gasteiger partial charge < -0.3 is 15.3 Å². The largest absolute Gasteiger partial charge is 0.475 e. The number of hydrogen-bond acceptors (Lipinski definition) is 4. The maximum Gasteiger partial charge on any atom is 0.416 e. The zero-order valence-electron chi connectivity index (χ0n) is 18.1. The number of anilines is 1. The lowest BCUT2D eigenvalue weighted by atomic mass is 10.2. The van der Waals surface area contributed by atoms with Crippen molar-refractivity contribution >= 4 is 75.7 Å². The van der Waals surface area contributed by atoms with E-state index in [1.165, 1.54) is 49.3 Å². The molecule has 0 radical (unpaired) electrons. The van der Waals surface area contributed by atoms with Crippen molar-refractivity contribution in [3.63, 3.8) is 0 Å². The van der Waals surface area contributed by atoms with Crippen molar-refractivity contribution in [2.24, 2.45) is 0 Å². The number of aromatic nitrogens is 3. The lowest BCUT2D eigenvalue weighted by Gasteiger charge is -2.13. The smallest absolute Gasteiger partial charge is 0.416 e. The van der Waals surface area contributed by atoms with Crippen molar-refractivity contribution in [1.29, 1.82) is 0 Å². The number of amides is 2. The maximum atomic E-state index is 12.3. The Morgan fingerprint density at radius 2 is 1.69 bits per heavy atom. The van der Waals surface area contributed by atoms with Crippen LogP contribution in [0, 0.1) is 0 Å². The number of carboxylic acid groups (broad SMARTS) is 1. The van der Waals surface area contributed by atoms with E-state index in [1.54, 1.807) is 0 Å². The standard InChI is InChI=1S/C10H4Cl5N3O2.C10H11F3N2O/c11-4-1-2-6(5(12)3-4)18-9(10(13,14)15)16-7(17-18)8(19)20;1-15(2)9(16)14-8-5-3-4-7(6-8)10(11,12)13/h1-3H,(H,19,20);3-6H,1-2H3,(H,14,16). The van der Waals surface area contributed by atoms with Gasteiger partial charge in [-0.2, -0.15) is 13.2 Å². The molecule has 2 N–H and O–H groups in total. The van der Waals surface area contributed by atoms with Gasteiger partial charge in [0.2, 0.25) is 3.79 Å². The molecule has 0 unspecified atom stereocenters. The third-order valence-corrected chi connectivity index (χ3v) is 5.08. The minimum Gasteiger partial charge on any atom is -0.475 e. The number of halogens is 8. The average molecular weight is 608 g/mol. The molecule has 194 valence electrons. The Kier molecular flexibility index (Phi) is 9.71. The van der Waals surface area contributed by atoms with Gasteiger partial charge in [-0.05, 0) is 36.4 Å². The molecule has 8 nitrogen and oxygen atoms in total. The molecular formula is C20H15Cl5F3N5O3. The first kappa shape index (κ1) is 29.8. The molecule has 0 aliphatic rings. The predicted molar refractivity (Wildman–Crippen MR) is 132 cm³/mol. The van der Waals surface area contributed by atoms with Crippen LogP contribution in [0.4, 0.5) is 23.7 Å². The van der Waals surface area contributed by atoms with Crippen molar-refractivity contribution in [1.82, 2.24) is 19.7 Å². The number of carbonyl (C=O) groups is 2. The molecule has 2 aromatic carbocycles. The molecule has 2 amide bonds. The molecule has 0 aliphatic heterocycles. The number of aromatic carboxylic acids is 1. The Morgan fingerprint density at radius 1 is 1.06 bits per heavy atom. The van der Waals surface area contributed by atoms with Crippen LogP contribution in [-0.2, 0) is 9.97 Å². The number of alkyl halides is 6. The molecule has 0 saturated carbocycles. The molecule has 36 heavy (non-hydrogen) atoms. The van der Waals surface area contributed by atoms with Gasteiger partial charge in [0.15, 0.2) is 5.82 Å². The number of carboxylic acids is 1. The van der Waals surface area contributed by atoms with E-state index in [2.05, 4.69) is 15.4 Å². The summed E-state index contributed by atoms with van der Waals surface area (Å²) in [7, 11) is 3.01. The Balaban J connectivity index is 0.000000261. The van der Waals surface area contributed by atoms with E-state index in [0.29, 0.717) is 5.02 Å². The summed E-state index contributed by atoms with van der Waals surface area (Å²) < 4.78 is 36.1. The molecule has 1 aromatic heterocycles. The van der Waals surface area contributed by atoms with E-state index in [9.17, 15) is 22.8 Å². The van der Waals surface area contributed by atoms with Crippen LogP contribution in [-0.4, -0.2) is 50.9 Å². The monoisotopic (exact) mass is 605 g/mol. The fourth-order valence-corrected chi connectivity index (χ4v) is 3.27. The first-order valence-corrected chi connectivity index (χ1v) is 11.3. The van der Waals surface area contributed by atoms with Gasteiger partial charge in [-0.15, -0.1) is 5.10 Å². The number of rotatable bonds is 3. The second kappa shape index (κ2) is 11.7. The molecule has 0 bridgehead atoms. The number of urea groups is 1. The van der Waals surface area contributed by atoms with E-state index < -0.39 is 33.4 Å². The molecular weight excluding hydrogens is 593 g/mol. The molecule has 0 saturated heterocycles. The second-order valence-corrected chi connectivity index (χ2v) is 10.1. The Morgan fingerprint density at radius 3 is 2.19 bits per heavy atom. The van der Waals surface area contributed by atoms with Gasteiger partial charge in [0.05, 0.1) is 16.3 Å². The fraction of sp³-hybridized carbons (Fsp3) is 0.200. The fourth-order valence-electron chi connectivity index (χ4n) is 2.42. The van der Waals surface area contributed by atoms with Crippen molar-refractivity contribution in [3.05, 3.63) is 69.7 Å². The van der Waals surface area contributed by atoms with Gasteiger partial charge >= 0.3 is 18.2 Å². The third kappa shape index (κ3) is 8.04. The molecule has 0 aliphatic carbocycles. The van der Waals surface area contributed by atoms with E-state index in [4.69, 9.17) is 63.1 Å². The predicted octanol–water partition coefficient (Wildman–Crippen LogP) is 6.90. The Labute approximate surface area is 227 Å². The van der Waals surface area contributed by atoms with E-state index >= 15 is 0 Å². The summed E-state index contributed by atoms with van der Waals surface area (Å²) in [5.74, 6) is -2.06. The van der Waals surface area contributed by atoms with Crippen molar-refractivity contribution in [2.45, 2.75) is 9.97 Å². The van der Waals surface area contributed by atoms with Crippen molar-refractivity contribution in [3.8, 4) is 5.69 Å². The highest BCUT2D eigenvalue weighted by molar-refractivity contribution is 6.66. The van der Waals surface area contributed by atoms with Crippen LogP contribution in [0.1, 0.15) is 22.0 Å². The molecule has 3 rings (SSSR count). The molecule has 0 atom stereocenters. The van der Waals surface area contributed by atoms with Crippen LogP contribution in [0.15, 0.2) is 42.5 Å². The molecule has 1 heterocycles. The summed E-state index contributed by atoms with van der Waals surface area (Å²) >= 11 is 29.1. The third-order valence-electron chi connectivity index (χ3n) is 4.04. The van der Waals surface area contributed by atoms with Gasteiger partial charge in [0, 0.05) is 24.8 Å². The SMILES string of the molecule is CN(C)C(=O)Nc1cccc(C(F)(F)F)c1.O=C(O)c1nc(C(Cl)(Cl)Cl)n(-c2ccc(Cl)cc2Cl)n1. The summed E-state index contributed by atoms with van der Waals surface area (Å²) in [5, 5.41) is 15.6. The minimum absolute atomic E-state index is 0.119. The normalized spacial score (nSPS) is 11.4. The highest BCUT2D eigenvalue weighted by Crippen LogP contribution is 2.39. The lowest BCUT2D eigenvalue weighted by Crippen LogP contribution is -2.27. The number of benzene rings is 2. The first-order chi connectivity index (χ1) is 16.5. The summed E-state index contributed by atoms with van der Waals surface area (Å²) in [6.45, 7) is 0. The summed E-state index contributed by atoms with van der Waals surface area (Å²) in [6, 6.07) is 8.50. The van der Waals surface area contributed by atoms with E-state index in [1.807, 2.05) is 0 Å². The summed E-state index contributed by atoms with van der Waals surface area (Å²) in [4.78, 5) is 27.1. The Bertz CT molecular complexity index is 1260. The highest BCUT2D eigenvalue weighted by atomic mass is 35.6. The number of nitrogens with zero attached hydrogens (tertiary/aromatic N) is 4. The zero-order chi connectivity index (χ0) is 27.4. The minimum atomic E-state index is -4.40. The molecule has 0 spiro atoms. The quantitative estimate of drug-likeness (QED) is 0.316. The van der Waals surface area contributed by atoms with Crippen molar-refractivity contribution < 1.29 is 27.9 Å². The maximum absolute atomic E-state index is 12.3. The lowest BCUT2D eigenvalue weighted by molar-refractivity contribution is -0.137. The first-order valence-electron chi connectivity index (χ1n) is 9.39. The highest BCUT2D eigenvalue weighted by Gasteiger charge is 2.33. The molecule has 16 heteroatoms. The van der Waals surface area contributed by atoms with Crippen LogP contribution in [0.5, 0.6) is 0 Å². The van der Waals surface area contributed by atoms with E-state index in [0.717, 1.165) is 16.8 Å². The van der Waals surface area contributed by atoms with Crippen LogP contribution in [0.3, 0.4) is 0 Å². The number of carbonyl (C=O) groups excluding carboxylic acids is 1. The van der Waals surface area contributed by atoms with Gasteiger partial charge in [-0.25, -0.2) is 19.3 Å². The van der Waals surface area contributed by atoms with Crippen molar-refractivity contribution in [2.75, 3.05) is 19.4 Å². The van der Waals surface area contributed by atoms with Gasteiger partial charge in [0.1, 0.15) is 0 Å². The van der Waals surface area contributed by atoms with E-state index in [-0.39, 0.29) is 22.2 Å². The molecule has 0 fully saturated rings. The van der Waals surface area contributed by atoms with Crippen LogP contribution in [0.2, 0.25) is 10.0 Å². The van der Waals surface area contributed by atoms with Gasteiger partial charge in [0.25, 0.3) is 5.82 Å². The van der Waals surface area contributed by atoms with Gasteiger partial charge in [-0.3, -0.25) is 0 Å². The summed E-state index contributed by atoms with van der Waals surface area (Å²) in [6.07, 6.45) is -4.40. The second-order valence-electron chi connectivity index (χ2n) is 6.97. The van der Waals surface area contributed by atoms with Crippen LogP contribution >= 0.6 is 58.0 Å². The van der Waals surface area contributed by atoms with Crippen LogP contribution in [0.25, 0.3) is 5.69 Å². The average Bonchev–Trinajstić information content (AvgIpc) is 3.20. The Hall–Kier alpha value is -2.44. The topological polar surface area (TPSA) is 100 Å². The number of hydrogen-bond donors (Lipinski definition) is 2. The number of nitrogens with one attached hydrogen (secondary N) is 1. The zero-order valence-corrected chi connectivity index (χ0v) is 21.9. The summed E-state index contributed by atoms with van der Waals surface area (Å²) in [5.41, 5.74) is -0.380.